The van der Waals surface area contributed by atoms with Gasteiger partial charge in [0.05, 0.1) is 6.61 Å². The SMILES string of the molecule is Cl.NC(CO)Cc1cncc(Br)c1. The average molecular weight is 268 g/mol. The fourth-order valence-corrected chi connectivity index (χ4v) is 1.35. The molecule has 1 atom stereocenters. The van der Waals surface area contributed by atoms with Crippen LogP contribution in [0.1, 0.15) is 5.56 Å². The van der Waals surface area contributed by atoms with Crippen LogP contribution in [-0.2, 0) is 6.42 Å². The third kappa shape index (κ3) is 4.57. The predicted octanol–water partition coefficient (Wildman–Crippen LogP) is 1.13. The maximum absolute atomic E-state index is 8.71. The zero-order chi connectivity index (χ0) is 8.97. The molecule has 3 N–H and O–H groups in total. The maximum Gasteiger partial charge on any atom is 0.0585 e. The number of pyridine rings is 1. The summed E-state index contributed by atoms with van der Waals surface area (Å²) >= 11 is 3.31. The van der Waals surface area contributed by atoms with Crippen LogP contribution in [0.4, 0.5) is 0 Å². The monoisotopic (exact) mass is 266 g/mol. The first-order valence-electron chi connectivity index (χ1n) is 3.68. The first-order chi connectivity index (χ1) is 5.72. The van der Waals surface area contributed by atoms with Gasteiger partial charge in [0.25, 0.3) is 0 Å². The first-order valence-corrected chi connectivity index (χ1v) is 4.47. The highest BCUT2D eigenvalue weighted by Gasteiger charge is 2.02. The van der Waals surface area contributed by atoms with Gasteiger partial charge in [-0.2, -0.15) is 0 Å². The summed E-state index contributed by atoms with van der Waals surface area (Å²) in [5, 5.41) is 8.71. The quantitative estimate of drug-likeness (QED) is 0.863. The second-order valence-corrected chi connectivity index (χ2v) is 3.57. The molecule has 1 rings (SSSR count). The molecule has 1 unspecified atom stereocenters. The standard InChI is InChI=1S/C8H11BrN2O.ClH/c9-7-1-6(3-11-4-7)2-8(10)5-12;/h1,3-4,8,12H,2,5,10H2;1H. The molecule has 0 aliphatic heterocycles. The summed E-state index contributed by atoms with van der Waals surface area (Å²) < 4.78 is 0.935. The average Bonchev–Trinajstić information content (AvgIpc) is 2.04. The molecule has 0 saturated heterocycles. The van der Waals surface area contributed by atoms with E-state index in [-0.39, 0.29) is 25.1 Å². The molecule has 0 aliphatic carbocycles. The molecular formula is C8H12BrClN2O. The van der Waals surface area contributed by atoms with Gasteiger partial charge >= 0.3 is 0 Å². The molecule has 0 amide bonds. The lowest BCUT2D eigenvalue weighted by Gasteiger charge is -2.06. The van der Waals surface area contributed by atoms with Gasteiger partial charge in [0.1, 0.15) is 0 Å². The maximum atomic E-state index is 8.71. The van der Waals surface area contributed by atoms with E-state index in [4.69, 9.17) is 10.8 Å². The zero-order valence-electron chi connectivity index (χ0n) is 6.98. The number of hydrogen-bond acceptors (Lipinski definition) is 3. The topological polar surface area (TPSA) is 59.1 Å². The van der Waals surface area contributed by atoms with Crippen LogP contribution in [0.15, 0.2) is 22.9 Å². The number of aromatic nitrogens is 1. The zero-order valence-corrected chi connectivity index (χ0v) is 9.38. The Labute approximate surface area is 91.9 Å². The van der Waals surface area contributed by atoms with E-state index in [1.165, 1.54) is 0 Å². The van der Waals surface area contributed by atoms with Gasteiger partial charge in [0, 0.05) is 22.9 Å². The van der Waals surface area contributed by atoms with Crippen molar-refractivity contribution in [2.45, 2.75) is 12.5 Å². The van der Waals surface area contributed by atoms with E-state index in [0.717, 1.165) is 10.0 Å². The lowest BCUT2D eigenvalue weighted by atomic mass is 10.1. The summed E-state index contributed by atoms with van der Waals surface area (Å²) in [6.07, 6.45) is 4.12. The van der Waals surface area contributed by atoms with Crippen molar-refractivity contribution in [2.24, 2.45) is 5.73 Å². The Morgan fingerprint density at radius 3 is 2.77 bits per heavy atom. The molecule has 1 aromatic rings. The van der Waals surface area contributed by atoms with Crippen LogP contribution in [0, 0.1) is 0 Å². The van der Waals surface area contributed by atoms with Gasteiger partial charge in [-0.05, 0) is 34.0 Å². The van der Waals surface area contributed by atoms with Crippen molar-refractivity contribution < 1.29 is 5.11 Å². The van der Waals surface area contributed by atoms with Gasteiger partial charge in [0.15, 0.2) is 0 Å². The van der Waals surface area contributed by atoms with Crippen molar-refractivity contribution in [1.29, 1.82) is 0 Å². The molecule has 13 heavy (non-hydrogen) atoms. The molecule has 0 radical (unpaired) electrons. The van der Waals surface area contributed by atoms with E-state index in [1.807, 2.05) is 6.07 Å². The van der Waals surface area contributed by atoms with Gasteiger partial charge in [-0.25, -0.2) is 0 Å². The van der Waals surface area contributed by atoms with Gasteiger partial charge in [0.2, 0.25) is 0 Å². The molecule has 0 spiro atoms. The summed E-state index contributed by atoms with van der Waals surface area (Å²) in [6, 6.07) is 1.75. The fraction of sp³-hybridized carbons (Fsp3) is 0.375. The second-order valence-electron chi connectivity index (χ2n) is 2.66. The Morgan fingerprint density at radius 2 is 2.23 bits per heavy atom. The molecule has 0 aromatic carbocycles. The lowest BCUT2D eigenvalue weighted by Crippen LogP contribution is -2.26. The molecule has 0 aliphatic rings. The van der Waals surface area contributed by atoms with Crippen molar-refractivity contribution in [3.05, 3.63) is 28.5 Å². The van der Waals surface area contributed by atoms with Crippen LogP contribution in [0.2, 0.25) is 0 Å². The summed E-state index contributed by atoms with van der Waals surface area (Å²) in [4.78, 5) is 3.99. The summed E-state index contributed by atoms with van der Waals surface area (Å²) in [5.41, 5.74) is 6.60. The highest BCUT2D eigenvalue weighted by atomic mass is 79.9. The molecule has 0 bridgehead atoms. The van der Waals surface area contributed by atoms with Crippen molar-refractivity contribution in [3.63, 3.8) is 0 Å². The van der Waals surface area contributed by atoms with E-state index >= 15 is 0 Å². The van der Waals surface area contributed by atoms with Gasteiger partial charge in [-0.1, -0.05) is 0 Å². The highest BCUT2D eigenvalue weighted by Crippen LogP contribution is 2.10. The van der Waals surface area contributed by atoms with Crippen LogP contribution >= 0.6 is 28.3 Å². The number of hydrogen-bond donors (Lipinski definition) is 2. The second kappa shape index (κ2) is 6.32. The minimum Gasteiger partial charge on any atom is -0.395 e. The summed E-state index contributed by atoms with van der Waals surface area (Å²) in [7, 11) is 0. The van der Waals surface area contributed by atoms with Gasteiger partial charge in [-0.15, -0.1) is 12.4 Å². The van der Waals surface area contributed by atoms with E-state index < -0.39 is 0 Å². The Kier molecular flexibility index (Phi) is 6.24. The van der Waals surface area contributed by atoms with Crippen LogP contribution in [0.25, 0.3) is 0 Å². The number of aliphatic hydroxyl groups excluding tert-OH is 1. The van der Waals surface area contributed by atoms with E-state index in [2.05, 4.69) is 20.9 Å². The molecule has 1 aromatic heterocycles. The minimum absolute atomic E-state index is 0. The number of rotatable bonds is 3. The molecule has 5 heteroatoms. The Hall–Kier alpha value is -0.160. The third-order valence-electron chi connectivity index (χ3n) is 1.49. The van der Waals surface area contributed by atoms with Crippen molar-refractivity contribution in [2.75, 3.05) is 6.61 Å². The minimum atomic E-state index is -0.193. The molecule has 0 fully saturated rings. The number of aliphatic hydroxyl groups is 1. The van der Waals surface area contributed by atoms with E-state index in [0.29, 0.717) is 6.42 Å². The van der Waals surface area contributed by atoms with Crippen LogP contribution < -0.4 is 5.73 Å². The first kappa shape index (κ1) is 12.8. The number of halogens is 2. The van der Waals surface area contributed by atoms with E-state index in [1.54, 1.807) is 12.4 Å². The van der Waals surface area contributed by atoms with Crippen LogP contribution in [0.3, 0.4) is 0 Å². The molecule has 0 saturated carbocycles. The number of nitrogens with zero attached hydrogens (tertiary/aromatic N) is 1. The van der Waals surface area contributed by atoms with Crippen LogP contribution in [0.5, 0.6) is 0 Å². The predicted molar refractivity (Wildman–Crippen MR) is 58.0 cm³/mol. The molecule has 74 valence electrons. The normalized spacial score (nSPS) is 11.9. The largest absolute Gasteiger partial charge is 0.395 e. The van der Waals surface area contributed by atoms with Crippen molar-refractivity contribution in [1.82, 2.24) is 4.98 Å². The third-order valence-corrected chi connectivity index (χ3v) is 1.93. The Balaban J connectivity index is 0.00000144. The smallest absolute Gasteiger partial charge is 0.0585 e. The lowest BCUT2D eigenvalue weighted by molar-refractivity contribution is 0.265. The van der Waals surface area contributed by atoms with Crippen LogP contribution in [-0.4, -0.2) is 22.7 Å². The van der Waals surface area contributed by atoms with E-state index in [9.17, 15) is 0 Å². The fourth-order valence-electron chi connectivity index (χ4n) is 0.935. The van der Waals surface area contributed by atoms with Gasteiger partial charge in [-0.3, -0.25) is 4.98 Å². The Bertz CT molecular complexity index is 260. The molecular weight excluding hydrogens is 255 g/mol. The van der Waals surface area contributed by atoms with Gasteiger partial charge < -0.3 is 10.8 Å². The van der Waals surface area contributed by atoms with Crippen molar-refractivity contribution >= 4 is 28.3 Å². The molecule has 1 heterocycles. The number of nitrogens with two attached hydrogens (primary N) is 1. The van der Waals surface area contributed by atoms with Crippen molar-refractivity contribution in [3.8, 4) is 0 Å². The Morgan fingerprint density at radius 1 is 1.54 bits per heavy atom. The summed E-state index contributed by atoms with van der Waals surface area (Å²) in [5.74, 6) is 0. The molecule has 3 nitrogen and oxygen atoms in total. The summed E-state index contributed by atoms with van der Waals surface area (Å²) in [6.45, 7) is 0.00646. The highest BCUT2D eigenvalue weighted by molar-refractivity contribution is 9.10.